The number of ether oxygens (including phenoxy) is 2. The number of hydrogen-bond donors (Lipinski definition) is 1. The van der Waals surface area contributed by atoms with Gasteiger partial charge in [-0.15, -0.1) is 0 Å². The Labute approximate surface area is 124 Å². The predicted molar refractivity (Wildman–Crippen MR) is 77.6 cm³/mol. The molecule has 0 radical (unpaired) electrons. The Morgan fingerprint density at radius 2 is 1.95 bits per heavy atom. The maximum Gasteiger partial charge on any atom is 0.334 e. The Morgan fingerprint density at radius 1 is 1.33 bits per heavy atom. The van der Waals surface area contributed by atoms with E-state index in [1.54, 1.807) is 32.0 Å². The minimum absolute atomic E-state index is 0.292. The molecule has 1 aromatic carbocycles. The second-order valence-electron chi connectivity index (χ2n) is 5.05. The van der Waals surface area contributed by atoms with Crippen molar-refractivity contribution < 1.29 is 24.2 Å². The first-order chi connectivity index (χ1) is 9.82. The summed E-state index contributed by atoms with van der Waals surface area (Å²) in [6, 6.07) is 4.58. The van der Waals surface area contributed by atoms with Gasteiger partial charge in [0.2, 0.25) is 6.41 Å². The summed E-state index contributed by atoms with van der Waals surface area (Å²) in [7, 11) is 2.94. The minimum Gasteiger partial charge on any atom is -0.497 e. The van der Waals surface area contributed by atoms with Crippen molar-refractivity contribution in [3.8, 4) is 11.5 Å². The lowest BCUT2D eigenvalue weighted by molar-refractivity contribution is -0.156. The molecular formula is C15H21NO5. The fraction of sp³-hybridized carbons (Fsp3) is 0.467. The molecule has 116 valence electrons. The van der Waals surface area contributed by atoms with Gasteiger partial charge in [-0.3, -0.25) is 4.79 Å². The van der Waals surface area contributed by atoms with Crippen molar-refractivity contribution in [1.82, 2.24) is 4.90 Å². The first-order valence-electron chi connectivity index (χ1n) is 6.52. The summed E-state index contributed by atoms with van der Waals surface area (Å²) >= 11 is 0. The molecule has 6 nitrogen and oxygen atoms in total. The third-order valence-electron chi connectivity index (χ3n) is 3.53. The van der Waals surface area contributed by atoms with E-state index in [2.05, 4.69) is 0 Å². The molecule has 0 heterocycles. The smallest absolute Gasteiger partial charge is 0.334 e. The van der Waals surface area contributed by atoms with Gasteiger partial charge in [-0.25, -0.2) is 4.79 Å². The Kier molecular flexibility index (Phi) is 5.18. The number of benzene rings is 1. The second-order valence-corrected chi connectivity index (χ2v) is 5.05. The van der Waals surface area contributed by atoms with E-state index < -0.39 is 11.5 Å². The largest absolute Gasteiger partial charge is 0.497 e. The predicted octanol–water partition coefficient (Wildman–Crippen LogP) is 1.87. The standard InChI is InChI=1S/C15H21NO5/c1-10(2)16(9-17)15(3,14(18)19)12-8-11(20-4)6-7-13(12)21-5/h6-10H,1-5H3,(H,18,19). The summed E-state index contributed by atoms with van der Waals surface area (Å²) in [6.07, 6.45) is 0.539. The van der Waals surface area contributed by atoms with Crippen molar-refractivity contribution in [2.24, 2.45) is 0 Å². The molecule has 21 heavy (non-hydrogen) atoms. The van der Waals surface area contributed by atoms with Crippen LogP contribution >= 0.6 is 0 Å². The summed E-state index contributed by atoms with van der Waals surface area (Å²) in [6.45, 7) is 4.98. The topological polar surface area (TPSA) is 76.1 Å². The number of hydrogen-bond acceptors (Lipinski definition) is 4. The average Bonchev–Trinajstić information content (AvgIpc) is 2.46. The van der Waals surface area contributed by atoms with Gasteiger partial charge in [0, 0.05) is 11.6 Å². The maximum absolute atomic E-state index is 11.9. The van der Waals surface area contributed by atoms with Crippen LogP contribution in [0.1, 0.15) is 26.3 Å². The number of carboxylic acids is 1. The van der Waals surface area contributed by atoms with Gasteiger partial charge in [0.25, 0.3) is 0 Å². The molecule has 1 amide bonds. The lowest BCUT2D eigenvalue weighted by Crippen LogP contribution is -2.52. The van der Waals surface area contributed by atoms with Gasteiger partial charge in [0.1, 0.15) is 11.5 Å². The van der Waals surface area contributed by atoms with Gasteiger partial charge < -0.3 is 19.5 Å². The first-order valence-corrected chi connectivity index (χ1v) is 6.52. The van der Waals surface area contributed by atoms with E-state index in [4.69, 9.17) is 9.47 Å². The lowest BCUT2D eigenvalue weighted by atomic mass is 9.88. The number of carbonyl (C=O) groups is 2. The van der Waals surface area contributed by atoms with E-state index in [-0.39, 0.29) is 6.04 Å². The quantitative estimate of drug-likeness (QED) is 0.777. The third-order valence-corrected chi connectivity index (χ3v) is 3.53. The van der Waals surface area contributed by atoms with Gasteiger partial charge in [0.05, 0.1) is 14.2 Å². The highest BCUT2D eigenvalue weighted by molar-refractivity contribution is 5.84. The van der Waals surface area contributed by atoms with Crippen LogP contribution in [0.25, 0.3) is 0 Å². The van der Waals surface area contributed by atoms with Gasteiger partial charge >= 0.3 is 5.97 Å². The van der Waals surface area contributed by atoms with Gasteiger partial charge in [-0.2, -0.15) is 0 Å². The summed E-state index contributed by atoms with van der Waals surface area (Å²) in [5.74, 6) is -0.268. The Bertz CT molecular complexity index is 529. The van der Waals surface area contributed by atoms with Crippen LogP contribution in [0.4, 0.5) is 0 Å². The lowest BCUT2D eigenvalue weighted by Gasteiger charge is -2.39. The van der Waals surface area contributed by atoms with Crippen LogP contribution in [0.15, 0.2) is 18.2 Å². The molecule has 0 aliphatic heterocycles. The number of carbonyl (C=O) groups excluding carboxylic acids is 1. The second kappa shape index (κ2) is 6.47. The normalized spacial score (nSPS) is 13.4. The molecule has 0 bridgehead atoms. The summed E-state index contributed by atoms with van der Waals surface area (Å²) in [5, 5.41) is 9.72. The van der Waals surface area contributed by atoms with E-state index in [1.807, 2.05) is 0 Å². The summed E-state index contributed by atoms with van der Waals surface area (Å²) in [4.78, 5) is 24.6. The molecular weight excluding hydrogens is 274 g/mol. The molecule has 1 N–H and O–H groups in total. The first kappa shape index (κ1) is 16.8. The van der Waals surface area contributed by atoms with Crippen molar-refractivity contribution in [3.05, 3.63) is 23.8 Å². The molecule has 1 rings (SSSR count). The van der Waals surface area contributed by atoms with E-state index >= 15 is 0 Å². The van der Waals surface area contributed by atoms with Gasteiger partial charge in [-0.05, 0) is 39.0 Å². The molecule has 1 unspecified atom stereocenters. The number of methoxy groups -OCH3 is 2. The third kappa shape index (κ3) is 2.94. The molecule has 0 saturated heterocycles. The van der Waals surface area contributed by atoms with Crippen molar-refractivity contribution >= 4 is 12.4 Å². The molecule has 1 atom stereocenters. The van der Waals surface area contributed by atoms with Crippen LogP contribution in [0.5, 0.6) is 11.5 Å². The monoisotopic (exact) mass is 295 g/mol. The minimum atomic E-state index is -1.56. The molecule has 0 saturated carbocycles. The van der Waals surface area contributed by atoms with Crippen LogP contribution in [-0.4, -0.2) is 42.6 Å². The number of aliphatic carboxylic acids is 1. The number of nitrogens with zero attached hydrogens (tertiary/aromatic N) is 1. The van der Waals surface area contributed by atoms with Crippen LogP contribution in [0.2, 0.25) is 0 Å². The van der Waals surface area contributed by atoms with E-state index in [0.717, 1.165) is 0 Å². The molecule has 1 aromatic rings. The molecule has 0 spiro atoms. The molecule has 0 aromatic heterocycles. The SMILES string of the molecule is COc1ccc(OC)c(C(C)(C(=O)O)N(C=O)C(C)C)c1. The summed E-state index contributed by atoms with van der Waals surface area (Å²) < 4.78 is 10.4. The van der Waals surface area contributed by atoms with E-state index in [9.17, 15) is 14.7 Å². The molecule has 0 aliphatic rings. The zero-order chi connectivity index (χ0) is 16.2. The van der Waals surface area contributed by atoms with E-state index in [0.29, 0.717) is 23.5 Å². The Balaban J connectivity index is 3.60. The van der Waals surface area contributed by atoms with Crippen molar-refractivity contribution in [2.75, 3.05) is 14.2 Å². The van der Waals surface area contributed by atoms with Crippen LogP contribution in [-0.2, 0) is 15.1 Å². The molecule has 6 heteroatoms. The fourth-order valence-corrected chi connectivity index (χ4v) is 2.30. The Morgan fingerprint density at radius 3 is 2.33 bits per heavy atom. The fourth-order valence-electron chi connectivity index (χ4n) is 2.30. The Hall–Kier alpha value is -2.24. The van der Waals surface area contributed by atoms with Crippen molar-refractivity contribution in [3.63, 3.8) is 0 Å². The van der Waals surface area contributed by atoms with Gasteiger partial charge in [-0.1, -0.05) is 0 Å². The number of carboxylic acid groups (broad SMARTS) is 1. The average molecular weight is 295 g/mol. The van der Waals surface area contributed by atoms with Crippen molar-refractivity contribution in [1.29, 1.82) is 0 Å². The highest BCUT2D eigenvalue weighted by Gasteiger charge is 2.44. The van der Waals surface area contributed by atoms with E-state index in [1.165, 1.54) is 26.0 Å². The van der Waals surface area contributed by atoms with Gasteiger partial charge in [0.15, 0.2) is 5.54 Å². The molecule has 0 aliphatic carbocycles. The van der Waals surface area contributed by atoms with Crippen molar-refractivity contribution in [2.45, 2.75) is 32.4 Å². The van der Waals surface area contributed by atoms with Crippen LogP contribution in [0.3, 0.4) is 0 Å². The molecule has 0 fully saturated rings. The number of amides is 1. The summed E-state index contributed by atoms with van der Waals surface area (Å²) in [5.41, 5.74) is -1.20. The zero-order valence-corrected chi connectivity index (χ0v) is 12.9. The maximum atomic E-state index is 11.9. The highest BCUT2D eigenvalue weighted by atomic mass is 16.5. The highest BCUT2D eigenvalue weighted by Crippen LogP contribution is 2.38. The zero-order valence-electron chi connectivity index (χ0n) is 12.9. The van der Waals surface area contributed by atoms with Crippen LogP contribution < -0.4 is 9.47 Å². The number of rotatable bonds is 7. The van der Waals surface area contributed by atoms with Crippen LogP contribution in [0, 0.1) is 0 Å².